The second-order valence-corrected chi connectivity index (χ2v) is 9.21. The molecule has 0 aliphatic carbocycles. The number of rotatable bonds is 7. The van der Waals surface area contributed by atoms with Crippen LogP contribution < -0.4 is 0 Å². The van der Waals surface area contributed by atoms with Gasteiger partial charge >= 0.3 is 6.09 Å². The highest BCUT2D eigenvalue weighted by Crippen LogP contribution is 2.25. The molecule has 1 amide bonds. The topological polar surface area (TPSA) is 53.0 Å². The first-order valence-corrected chi connectivity index (χ1v) is 11.7. The highest BCUT2D eigenvalue weighted by atomic mass is 35.5. The average Bonchev–Trinajstić information content (AvgIpc) is 3.22. The zero-order chi connectivity index (χ0) is 24.1. The van der Waals surface area contributed by atoms with Gasteiger partial charge in [-0.1, -0.05) is 71.7 Å². The molecule has 8 heteroatoms. The van der Waals surface area contributed by atoms with Gasteiger partial charge in [0.2, 0.25) is 0 Å². The largest absolute Gasteiger partial charge is 0.445 e. The molecular weight excluding hydrogens is 478 g/mol. The van der Waals surface area contributed by atoms with Crippen LogP contribution in [0.2, 0.25) is 10.0 Å². The number of carbonyl (C=O) groups is 1. The molecular formula is C26H25Cl2FN2O3. The van der Waals surface area contributed by atoms with Crippen LogP contribution in [0.5, 0.6) is 0 Å². The Kier molecular flexibility index (Phi) is 8.06. The number of likely N-dealkylation sites (tertiary alicyclic amines) is 1. The van der Waals surface area contributed by atoms with Gasteiger partial charge in [0.05, 0.1) is 23.7 Å². The van der Waals surface area contributed by atoms with Crippen LogP contribution in [0.25, 0.3) is 0 Å². The molecule has 0 bridgehead atoms. The molecule has 34 heavy (non-hydrogen) atoms. The van der Waals surface area contributed by atoms with E-state index in [1.54, 1.807) is 18.2 Å². The molecule has 1 aliphatic heterocycles. The second kappa shape index (κ2) is 11.2. The quantitative estimate of drug-likeness (QED) is 0.462. The van der Waals surface area contributed by atoms with E-state index in [0.29, 0.717) is 24.7 Å². The van der Waals surface area contributed by atoms with Crippen molar-refractivity contribution in [2.45, 2.75) is 31.8 Å². The lowest BCUT2D eigenvalue weighted by Gasteiger charge is -2.31. The maximum Gasteiger partial charge on any atom is 0.410 e. The molecule has 178 valence electrons. The third-order valence-corrected chi connectivity index (χ3v) is 6.36. The number of amides is 1. The van der Waals surface area contributed by atoms with Gasteiger partial charge < -0.3 is 14.7 Å². The summed E-state index contributed by atoms with van der Waals surface area (Å²) < 4.78 is 19.1. The third kappa shape index (κ3) is 6.27. The predicted molar refractivity (Wildman–Crippen MR) is 130 cm³/mol. The minimum Gasteiger partial charge on any atom is -0.445 e. The number of aliphatic hydroxyl groups is 1. The molecule has 0 unspecified atom stereocenters. The van der Waals surface area contributed by atoms with Gasteiger partial charge in [-0.3, -0.25) is 4.90 Å². The lowest BCUT2D eigenvalue weighted by atomic mass is 10.1. The predicted octanol–water partition coefficient (Wildman–Crippen LogP) is 5.52. The van der Waals surface area contributed by atoms with Gasteiger partial charge in [0.15, 0.2) is 0 Å². The number of hydrogen-bond acceptors (Lipinski definition) is 4. The summed E-state index contributed by atoms with van der Waals surface area (Å²) in [6.07, 6.45) is -1.25. The molecule has 4 rings (SSSR count). The number of β-amino-alcohol motifs (C(OH)–C–C–N with tert-alkyl or cyclic N) is 1. The molecule has 3 aromatic carbocycles. The zero-order valence-electron chi connectivity index (χ0n) is 18.4. The SMILES string of the molecule is O=C(OCc1ccccc1)N1C[C@@H](O)[C@H](N(Cc2cccc(Cl)c2)Cc2ccc(F)c(Cl)c2)C1. The van der Waals surface area contributed by atoms with Crippen LogP contribution in [-0.4, -0.2) is 46.2 Å². The standard InChI is InChI=1S/C26H25Cl2FN2O3/c27-21-8-4-7-19(11-21)13-30(14-20-9-10-23(29)22(28)12-20)24-15-31(16-25(24)32)26(33)34-17-18-5-2-1-3-6-18/h1-12,24-25,32H,13-17H2/t24-,25-/m1/s1. The fraction of sp³-hybridized carbons (Fsp3) is 0.269. The van der Waals surface area contributed by atoms with Gasteiger partial charge in [0.1, 0.15) is 12.4 Å². The van der Waals surface area contributed by atoms with Gasteiger partial charge in [-0.25, -0.2) is 9.18 Å². The third-order valence-electron chi connectivity index (χ3n) is 5.84. The lowest BCUT2D eigenvalue weighted by Crippen LogP contribution is -2.42. The van der Waals surface area contributed by atoms with Gasteiger partial charge in [-0.15, -0.1) is 0 Å². The van der Waals surface area contributed by atoms with Gasteiger partial charge in [0.25, 0.3) is 0 Å². The smallest absolute Gasteiger partial charge is 0.410 e. The summed E-state index contributed by atoms with van der Waals surface area (Å²) in [5.41, 5.74) is 2.65. The molecule has 0 saturated carbocycles. The number of nitrogens with zero attached hydrogens (tertiary/aromatic N) is 2. The Balaban J connectivity index is 1.48. The first kappa shape index (κ1) is 24.5. The van der Waals surface area contributed by atoms with Crippen LogP contribution in [0.15, 0.2) is 72.8 Å². The Morgan fingerprint density at radius 3 is 2.38 bits per heavy atom. The molecule has 1 saturated heterocycles. The van der Waals surface area contributed by atoms with Crippen LogP contribution in [-0.2, 0) is 24.4 Å². The first-order valence-electron chi connectivity index (χ1n) is 10.9. The molecule has 3 aromatic rings. The fourth-order valence-electron chi connectivity index (χ4n) is 4.12. The average molecular weight is 503 g/mol. The van der Waals surface area contributed by atoms with E-state index in [4.69, 9.17) is 27.9 Å². The molecule has 0 radical (unpaired) electrons. The van der Waals surface area contributed by atoms with Crippen LogP contribution in [0.1, 0.15) is 16.7 Å². The fourth-order valence-corrected chi connectivity index (χ4v) is 4.54. The van der Waals surface area contributed by atoms with Crippen molar-refractivity contribution < 1.29 is 19.0 Å². The van der Waals surface area contributed by atoms with E-state index >= 15 is 0 Å². The Labute approximate surface area is 208 Å². The number of halogens is 3. The number of benzene rings is 3. The molecule has 0 spiro atoms. The summed E-state index contributed by atoms with van der Waals surface area (Å²) >= 11 is 12.2. The van der Waals surface area contributed by atoms with Crippen molar-refractivity contribution in [2.24, 2.45) is 0 Å². The van der Waals surface area contributed by atoms with Crippen molar-refractivity contribution >= 4 is 29.3 Å². The Morgan fingerprint density at radius 2 is 1.68 bits per heavy atom. The van der Waals surface area contributed by atoms with Crippen LogP contribution in [0.3, 0.4) is 0 Å². The molecule has 0 aromatic heterocycles. The maximum absolute atomic E-state index is 13.7. The van der Waals surface area contributed by atoms with Crippen LogP contribution in [0.4, 0.5) is 9.18 Å². The van der Waals surface area contributed by atoms with Crippen molar-refractivity contribution in [1.82, 2.24) is 9.80 Å². The summed E-state index contributed by atoms with van der Waals surface area (Å²) in [5, 5.41) is 11.5. The Hall–Kier alpha value is -2.64. The minimum absolute atomic E-state index is 0.0401. The van der Waals surface area contributed by atoms with Crippen molar-refractivity contribution in [2.75, 3.05) is 13.1 Å². The van der Waals surface area contributed by atoms with E-state index in [1.165, 1.54) is 11.0 Å². The van der Waals surface area contributed by atoms with Crippen molar-refractivity contribution in [1.29, 1.82) is 0 Å². The second-order valence-electron chi connectivity index (χ2n) is 8.36. The summed E-state index contributed by atoms with van der Waals surface area (Å²) in [7, 11) is 0. The molecule has 1 fully saturated rings. The van der Waals surface area contributed by atoms with E-state index < -0.39 is 18.0 Å². The van der Waals surface area contributed by atoms with Crippen molar-refractivity contribution in [3.8, 4) is 0 Å². The van der Waals surface area contributed by atoms with E-state index in [1.807, 2.05) is 53.4 Å². The Bertz CT molecular complexity index is 1130. The molecule has 1 heterocycles. The minimum atomic E-state index is -0.778. The summed E-state index contributed by atoms with van der Waals surface area (Å²) in [6, 6.07) is 21.1. The maximum atomic E-state index is 13.7. The lowest BCUT2D eigenvalue weighted by molar-refractivity contribution is 0.0728. The monoisotopic (exact) mass is 502 g/mol. The van der Waals surface area contributed by atoms with Gasteiger partial charge in [-0.2, -0.15) is 0 Å². The van der Waals surface area contributed by atoms with E-state index in [9.17, 15) is 14.3 Å². The van der Waals surface area contributed by atoms with E-state index in [-0.39, 0.29) is 24.2 Å². The van der Waals surface area contributed by atoms with Crippen molar-refractivity contribution in [3.05, 3.63) is 105 Å². The van der Waals surface area contributed by atoms with Crippen LogP contribution in [0, 0.1) is 5.82 Å². The van der Waals surface area contributed by atoms with E-state index in [0.717, 1.165) is 16.7 Å². The molecule has 1 aliphatic rings. The Morgan fingerprint density at radius 1 is 0.971 bits per heavy atom. The van der Waals surface area contributed by atoms with E-state index in [2.05, 4.69) is 0 Å². The van der Waals surface area contributed by atoms with Gasteiger partial charge in [-0.05, 0) is 41.0 Å². The first-order chi connectivity index (χ1) is 16.4. The number of ether oxygens (including phenoxy) is 1. The number of carbonyl (C=O) groups excluding carboxylic acids is 1. The zero-order valence-corrected chi connectivity index (χ0v) is 19.9. The summed E-state index contributed by atoms with van der Waals surface area (Å²) in [6.45, 7) is 1.50. The summed E-state index contributed by atoms with van der Waals surface area (Å²) in [4.78, 5) is 16.2. The molecule has 5 nitrogen and oxygen atoms in total. The number of hydrogen-bond donors (Lipinski definition) is 1. The number of aliphatic hydroxyl groups excluding tert-OH is 1. The highest BCUT2D eigenvalue weighted by molar-refractivity contribution is 6.31. The highest BCUT2D eigenvalue weighted by Gasteiger charge is 2.38. The normalized spacial score (nSPS) is 17.9. The molecule has 2 atom stereocenters. The van der Waals surface area contributed by atoms with Crippen molar-refractivity contribution in [3.63, 3.8) is 0 Å². The summed E-state index contributed by atoms with van der Waals surface area (Å²) in [5.74, 6) is -0.486. The molecule has 1 N–H and O–H groups in total. The van der Waals surface area contributed by atoms with Gasteiger partial charge in [0, 0.05) is 24.7 Å². The van der Waals surface area contributed by atoms with Crippen LogP contribution >= 0.6 is 23.2 Å².